The van der Waals surface area contributed by atoms with Crippen molar-refractivity contribution >= 4 is 15.9 Å². The van der Waals surface area contributed by atoms with E-state index in [4.69, 9.17) is 0 Å². The molecule has 4 heteroatoms. The third-order valence-corrected chi connectivity index (χ3v) is 2.71. The molecule has 0 spiro atoms. The summed E-state index contributed by atoms with van der Waals surface area (Å²) in [4.78, 5) is 15.5. The zero-order chi connectivity index (χ0) is 9.84. The van der Waals surface area contributed by atoms with Crippen LogP contribution in [0.1, 0.15) is 32.7 Å². The smallest absolute Gasteiger partial charge is 0.283 e. The van der Waals surface area contributed by atoms with Gasteiger partial charge in [-0.15, -0.1) is 0 Å². The van der Waals surface area contributed by atoms with Gasteiger partial charge in [-0.1, -0.05) is 13.8 Å². The fourth-order valence-electron chi connectivity index (χ4n) is 1.37. The van der Waals surface area contributed by atoms with Crippen molar-refractivity contribution in [2.75, 3.05) is 0 Å². The summed E-state index contributed by atoms with van der Waals surface area (Å²) in [6, 6.07) is 0.284. The molecule has 1 aromatic rings. The topological polar surface area (TPSA) is 34.9 Å². The first-order valence-electron chi connectivity index (χ1n) is 4.43. The number of aromatic nitrogens is 2. The van der Waals surface area contributed by atoms with Crippen molar-refractivity contribution in [3.63, 3.8) is 0 Å². The van der Waals surface area contributed by atoms with Gasteiger partial charge >= 0.3 is 0 Å². The summed E-state index contributed by atoms with van der Waals surface area (Å²) in [5.41, 5.74) is -0.0452. The fourth-order valence-corrected chi connectivity index (χ4v) is 1.69. The normalized spacial score (nSPS) is 10.8. The van der Waals surface area contributed by atoms with Gasteiger partial charge in [0.05, 0.1) is 0 Å². The first-order valence-corrected chi connectivity index (χ1v) is 5.22. The molecule has 0 radical (unpaired) electrons. The highest BCUT2D eigenvalue weighted by atomic mass is 79.9. The van der Waals surface area contributed by atoms with Crippen LogP contribution >= 0.6 is 15.9 Å². The summed E-state index contributed by atoms with van der Waals surface area (Å²) < 4.78 is 2.12. The Labute approximate surface area is 85.9 Å². The molecule has 0 bridgehead atoms. The van der Waals surface area contributed by atoms with Crippen LogP contribution in [0.25, 0.3) is 0 Å². The van der Waals surface area contributed by atoms with E-state index >= 15 is 0 Å². The number of hydrogen-bond donors (Lipinski definition) is 0. The molecule has 0 fully saturated rings. The first-order chi connectivity index (χ1) is 6.20. The number of nitrogens with zero attached hydrogens (tertiary/aromatic N) is 2. The molecule has 0 aliphatic heterocycles. The SMILES string of the molecule is CCC(CC)n1ccnc(Br)c1=O. The highest BCUT2D eigenvalue weighted by molar-refractivity contribution is 9.10. The van der Waals surface area contributed by atoms with E-state index in [9.17, 15) is 4.79 Å². The van der Waals surface area contributed by atoms with E-state index in [0.29, 0.717) is 4.60 Å². The van der Waals surface area contributed by atoms with E-state index in [1.807, 2.05) is 0 Å². The van der Waals surface area contributed by atoms with Crippen LogP contribution < -0.4 is 5.56 Å². The maximum absolute atomic E-state index is 11.6. The minimum Gasteiger partial charge on any atom is -0.309 e. The molecular formula is C9H13BrN2O. The molecule has 0 saturated heterocycles. The number of halogens is 1. The van der Waals surface area contributed by atoms with Gasteiger partial charge in [0.2, 0.25) is 0 Å². The molecule has 0 atom stereocenters. The van der Waals surface area contributed by atoms with Crippen molar-refractivity contribution in [2.45, 2.75) is 32.7 Å². The molecule has 0 aliphatic rings. The van der Waals surface area contributed by atoms with Crippen molar-refractivity contribution in [2.24, 2.45) is 0 Å². The molecule has 72 valence electrons. The van der Waals surface area contributed by atoms with E-state index < -0.39 is 0 Å². The predicted molar refractivity (Wildman–Crippen MR) is 55.8 cm³/mol. The summed E-state index contributed by atoms with van der Waals surface area (Å²) in [5.74, 6) is 0. The third kappa shape index (κ3) is 2.18. The number of rotatable bonds is 3. The van der Waals surface area contributed by atoms with Crippen LogP contribution in [0.4, 0.5) is 0 Å². The zero-order valence-corrected chi connectivity index (χ0v) is 9.41. The largest absolute Gasteiger partial charge is 0.309 e. The summed E-state index contributed by atoms with van der Waals surface area (Å²) >= 11 is 3.13. The maximum atomic E-state index is 11.6. The average Bonchev–Trinajstić information content (AvgIpc) is 2.14. The Balaban J connectivity index is 3.14. The maximum Gasteiger partial charge on any atom is 0.283 e. The minimum absolute atomic E-state index is 0.0452. The second-order valence-corrected chi connectivity index (χ2v) is 3.65. The Hall–Kier alpha value is -0.640. The second kappa shape index (κ2) is 4.56. The summed E-state index contributed by atoms with van der Waals surface area (Å²) in [6.45, 7) is 4.16. The van der Waals surface area contributed by atoms with Gasteiger partial charge in [-0.25, -0.2) is 4.98 Å². The van der Waals surface area contributed by atoms with Gasteiger partial charge in [-0.3, -0.25) is 4.79 Å². The Kier molecular flexibility index (Phi) is 3.66. The molecular weight excluding hydrogens is 232 g/mol. The van der Waals surface area contributed by atoms with Crippen LogP contribution in [0.15, 0.2) is 21.8 Å². The highest BCUT2D eigenvalue weighted by Crippen LogP contribution is 2.12. The van der Waals surface area contributed by atoms with Crippen molar-refractivity contribution in [1.29, 1.82) is 0 Å². The zero-order valence-electron chi connectivity index (χ0n) is 7.83. The monoisotopic (exact) mass is 244 g/mol. The Morgan fingerprint density at radius 1 is 1.54 bits per heavy atom. The highest BCUT2D eigenvalue weighted by Gasteiger charge is 2.09. The van der Waals surface area contributed by atoms with Crippen LogP contribution in [0.2, 0.25) is 0 Å². The van der Waals surface area contributed by atoms with Crippen LogP contribution in [0.3, 0.4) is 0 Å². The Bertz CT molecular complexity index is 331. The molecule has 3 nitrogen and oxygen atoms in total. The van der Waals surface area contributed by atoms with Crippen molar-refractivity contribution in [3.8, 4) is 0 Å². The lowest BCUT2D eigenvalue weighted by molar-refractivity contribution is 0.454. The Morgan fingerprint density at radius 2 is 2.15 bits per heavy atom. The van der Waals surface area contributed by atoms with Crippen LogP contribution in [0, 0.1) is 0 Å². The number of hydrogen-bond acceptors (Lipinski definition) is 2. The summed E-state index contributed by atoms with van der Waals surface area (Å²) in [7, 11) is 0. The van der Waals surface area contributed by atoms with Crippen LogP contribution in [-0.2, 0) is 0 Å². The van der Waals surface area contributed by atoms with Gasteiger partial charge in [0.1, 0.15) is 0 Å². The lowest BCUT2D eigenvalue weighted by atomic mass is 10.2. The van der Waals surface area contributed by atoms with E-state index in [1.54, 1.807) is 17.0 Å². The predicted octanol–water partition coefficient (Wildman–Crippen LogP) is 2.37. The van der Waals surface area contributed by atoms with Gasteiger partial charge in [0, 0.05) is 18.4 Å². The van der Waals surface area contributed by atoms with Gasteiger partial charge < -0.3 is 4.57 Å². The van der Waals surface area contributed by atoms with E-state index in [2.05, 4.69) is 34.8 Å². The molecule has 0 aromatic carbocycles. The minimum atomic E-state index is -0.0452. The van der Waals surface area contributed by atoms with Crippen molar-refractivity contribution in [1.82, 2.24) is 9.55 Å². The Morgan fingerprint density at radius 3 is 2.69 bits per heavy atom. The molecule has 0 N–H and O–H groups in total. The van der Waals surface area contributed by atoms with Gasteiger partial charge in [-0.05, 0) is 28.8 Å². The first kappa shape index (κ1) is 10.4. The standard InChI is InChI=1S/C9H13BrN2O/c1-3-7(4-2)12-6-5-11-8(10)9(12)13/h5-7H,3-4H2,1-2H3. The average molecular weight is 245 g/mol. The molecule has 0 unspecified atom stereocenters. The van der Waals surface area contributed by atoms with E-state index in [-0.39, 0.29) is 11.6 Å². The van der Waals surface area contributed by atoms with Gasteiger partial charge in [0.25, 0.3) is 5.56 Å². The van der Waals surface area contributed by atoms with Crippen LogP contribution in [-0.4, -0.2) is 9.55 Å². The quantitative estimate of drug-likeness (QED) is 0.819. The van der Waals surface area contributed by atoms with Crippen molar-refractivity contribution in [3.05, 3.63) is 27.4 Å². The lowest BCUT2D eigenvalue weighted by Crippen LogP contribution is -2.24. The molecule has 0 amide bonds. The van der Waals surface area contributed by atoms with Crippen LogP contribution in [0.5, 0.6) is 0 Å². The molecule has 0 aliphatic carbocycles. The van der Waals surface area contributed by atoms with E-state index in [1.165, 1.54) is 0 Å². The molecule has 0 saturated carbocycles. The van der Waals surface area contributed by atoms with E-state index in [0.717, 1.165) is 12.8 Å². The third-order valence-electron chi connectivity index (χ3n) is 2.16. The van der Waals surface area contributed by atoms with Crippen molar-refractivity contribution < 1.29 is 0 Å². The molecule has 13 heavy (non-hydrogen) atoms. The van der Waals surface area contributed by atoms with Gasteiger partial charge in [-0.2, -0.15) is 0 Å². The second-order valence-electron chi connectivity index (χ2n) is 2.90. The van der Waals surface area contributed by atoms with Gasteiger partial charge in [0.15, 0.2) is 4.60 Å². The summed E-state index contributed by atoms with van der Waals surface area (Å²) in [5, 5.41) is 0. The molecule has 1 heterocycles. The molecule has 1 rings (SSSR count). The molecule has 1 aromatic heterocycles. The lowest BCUT2D eigenvalue weighted by Gasteiger charge is -2.15. The fraction of sp³-hybridized carbons (Fsp3) is 0.556. The summed E-state index contributed by atoms with van der Waals surface area (Å²) in [6.07, 6.45) is 5.31.